The molecule has 1 unspecified atom stereocenters. The Bertz CT molecular complexity index is 523. The molecule has 2 rings (SSSR count). The van der Waals surface area contributed by atoms with Crippen molar-refractivity contribution in [3.05, 3.63) is 28.9 Å². The minimum atomic E-state index is -1.20. The van der Waals surface area contributed by atoms with Gasteiger partial charge >= 0.3 is 5.97 Å². The van der Waals surface area contributed by atoms with Gasteiger partial charge in [-0.3, -0.25) is 4.79 Å². The molecular formula is C9H7ClN2O3. The largest absolute Gasteiger partial charge is 0.480 e. The summed E-state index contributed by atoms with van der Waals surface area (Å²) in [6, 6.07) is 3.61. The van der Waals surface area contributed by atoms with Crippen LogP contribution in [0.15, 0.2) is 22.7 Å². The molecule has 0 fully saturated rings. The fraction of sp³-hybridized carbons (Fsp3) is 0.111. The molecule has 1 atom stereocenters. The van der Waals surface area contributed by atoms with Gasteiger partial charge in [0.15, 0.2) is 11.6 Å². The molecule has 0 amide bonds. The predicted octanol–water partition coefficient (Wildman–Crippen LogP) is 1.57. The first kappa shape index (κ1) is 9.95. The minimum Gasteiger partial charge on any atom is -0.480 e. The number of carbonyl (C=O) groups is 1. The number of hydrogen-bond donors (Lipinski definition) is 2. The molecule has 0 aliphatic carbocycles. The molecule has 3 N–H and O–H groups in total. The lowest BCUT2D eigenvalue weighted by Crippen LogP contribution is -2.21. The molecule has 1 heterocycles. The van der Waals surface area contributed by atoms with Gasteiger partial charge < -0.3 is 15.4 Å². The topological polar surface area (TPSA) is 89.4 Å². The summed E-state index contributed by atoms with van der Waals surface area (Å²) in [6.07, 6.45) is 0. The zero-order valence-electron chi connectivity index (χ0n) is 7.48. The van der Waals surface area contributed by atoms with Gasteiger partial charge in [-0.15, -0.1) is 0 Å². The molecule has 15 heavy (non-hydrogen) atoms. The molecule has 0 bridgehead atoms. The molecule has 0 saturated carbocycles. The highest BCUT2D eigenvalue weighted by atomic mass is 35.5. The van der Waals surface area contributed by atoms with E-state index in [-0.39, 0.29) is 5.69 Å². The standard InChI is InChI=1S/C9H7ClN2O3/c10-4-1-2-6-5(3-4)8(12-15-6)7(11)9(13)14/h1-3,7H,11H2,(H,13,14). The molecule has 0 spiro atoms. The Hall–Kier alpha value is -1.59. The van der Waals surface area contributed by atoms with Crippen molar-refractivity contribution in [2.45, 2.75) is 6.04 Å². The third-order valence-corrected chi connectivity index (χ3v) is 2.26. The van der Waals surface area contributed by atoms with Crippen molar-refractivity contribution in [2.24, 2.45) is 5.73 Å². The lowest BCUT2D eigenvalue weighted by atomic mass is 10.1. The Balaban J connectivity index is 2.61. The Morgan fingerprint density at radius 3 is 3.00 bits per heavy atom. The van der Waals surface area contributed by atoms with Crippen molar-refractivity contribution in [1.29, 1.82) is 0 Å². The number of hydrogen-bond acceptors (Lipinski definition) is 4. The zero-order valence-corrected chi connectivity index (χ0v) is 8.23. The number of benzene rings is 1. The Labute approximate surface area is 89.4 Å². The average Bonchev–Trinajstić information content (AvgIpc) is 2.59. The van der Waals surface area contributed by atoms with E-state index in [1.54, 1.807) is 18.2 Å². The molecular weight excluding hydrogens is 220 g/mol. The number of carboxylic acids is 1. The average molecular weight is 227 g/mol. The van der Waals surface area contributed by atoms with Crippen molar-refractivity contribution in [2.75, 3.05) is 0 Å². The number of fused-ring (bicyclic) bond motifs is 1. The van der Waals surface area contributed by atoms with Crippen molar-refractivity contribution in [1.82, 2.24) is 5.16 Å². The van der Waals surface area contributed by atoms with E-state index in [0.717, 1.165) is 0 Å². The molecule has 78 valence electrons. The SMILES string of the molecule is NC(C(=O)O)c1noc2ccc(Cl)cc12. The number of nitrogens with two attached hydrogens (primary N) is 1. The molecule has 2 aromatic rings. The molecule has 0 radical (unpaired) electrons. The van der Waals surface area contributed by atoms with Crippen LogP contribution in [0.4, 0.5) is 0 Å². The van der Waals surface area contributed by atoms with E-state index in [4.69, 9.17) is 27.0 Å². The van der Waals surface area contributed by atoms with Crippen LogP contribution in [0.5, 0.6) is 0 Å². The summed E-state index contributed by atoms with van der Waals surface area (Å²) in [5, 5.41) is 13.4. The summed E-state index contributed by atoms with van der Waals surface area (Å²) in [5.74, 6) is -1.16. The van der Waals surface area contributed by atoms with Gasteiger partial charge in [0.25, 0.3) is 0 Å². The molecule has 1 aromatic heterocycles. The monoisotopic (exact) mass is 226 g/mol. The number of nitrogens with zero attached hydrogens (tertiary/aromatic N) is 1. The number of aliphatic carboxylic acids is 1. The predicted molar refractivity (Wildman–Crippen MR) is 53.6 cm³/mol. The van der Waals surface area contributed by atoms with Crippen molar-refractivity contribution >= 4 is 28.5 Å². The van der Waals surface area contributed by atoms with Gasteiger partial charge in [-0.2, -0.15) is 0 Å². The van der Waals surface area contributed by atoms with E-state index in [0.29, 0.717) is 16.0 Å². The third kappa shape index (κ3) is 1.67. The van der Waals surface area contributed by atoms with E-state index in [2.05, 4.69) is 5.16 Å². The molecule has 6 heteroatoms. The van der Waals surface area contributed by atoms with Gasteiger partial charge in [0.1, 0.15) is 5.69 Å². The molecule has 5 nitrogen and oxygen atoms in total. The van der Waals surface area contributed by atoms with Crippen LogP contribution in [0.1, 0.15) is 11.7 Å². The van der Waals surface area contributed by atoms with Gasteiger partial charge in [-0.25, -0.2) is 0 Å². The molecule has 0 aliphatic heterocycles. The van der Waals surface area contributed by atoms with E-state index in [1.165, 1.54) is 0 Å². The summed E-state index contributed by atoms with van der Waals surface area (Å²) < 4.78 is 4.92. The van der Waals surface area contributed by atoms with Gasteiger partial charge in [0.05, 0.1) is 0 Å². The highest BCUT2D eigenvalue weighted by molar-refractivity contribution is 6.31. The summed E-state index contributed by atoms with van der Waals surface area (Å²) in [7, 11) is 0. The zero-order chi connectivity index (χ0) is 11.0. The fourth-order valence-electron chi connectivity index (χ4n) is 1.27. The van der Waals surface area contributed by atoms with Crippen molar-refractivity contribution < 1.29 is 14.4 Å². The fourth-order valence-corrected chi connectivity index (χ4v) is 1.44. The maximum atomic E-state index is 10.7. The first-order valence-corrected chi connectivity index (χ1v) is 4.50. The maximum Gasteiger partial charge on any atom is 0.326 e. The molecule has 1 aromatic carbocycles. The van der Waals surface area contributed by atoms with Gasteiger partial charge in [0.2, 0.25) is 0 Å². The van der Waals surface area contributed by atoms with E-state index in [9.17, 15) is 4.79 Å². The normalized spacial score (nSPS) is 12.9. The smallest absolute Gasteiger partial charge is 0.326 e. The quantitative estimate of drug-likeness (QED) is 0.811. The van der Waals surface area contributed by atoms with E-state index < -0.39 is 12.0 Å². The Kier molecular flexibility index (Phi) is 2.34. The summed E-state index contributed by atoms with van der Waals surface area (Å²) in [6.45, 7) is 0. The molecule has 0 saturated heterocycles. The van der Waals surface area contributed by atoms with Crippen LogP contribution in [0, 0.1) is 0 Å². The number of carboxylic acid groups (broad SMARTS) is 1. The van der Waals surface area contributed by atoms with Gasteiger partial charge in [-0.05, 0) is 18.2 Å². The lowest BCUT2D eigenvalue weighted by molar-refractivity contribution is -0.138. The summed E-state index contributed by atoms with van der Waals surface area (Å²) in [4.78, 5) is 10.7. The summed E-state index contributed by atoms with van der Waals surface area (Å²) >= 11 is 5.77. The lowest BCUT2D eigenvalue weighted by Gasteiger charge is -2.00. The van der Waals surface area contributed by atoms with Crippen LogP contribution < -0.4 is 5.73 Å². The van der Waals surface area contributed by atoms with Crippen LogP contribution in [0.2, 0.25) is 5.02 Å². The first-order valence-electron chi connectivity index (χ1n) is 4.13. The van der Waals surface area contributed by atoms with Crippen molar-refractivity contribution in [3.8, 4) is 0 Å². The van der Waals surface area contributed by atoms with Crippen LogP contribution >= 0.6 is 11.6 Å². The van der Waals surface area contributed by atoms with Gasteiger partial charge in [0, 0.05) is 10.4 Å². The van der Waals surface area contributed by atoms with Crippen molar-refractivity contribution in [3.63, 3.8) is 0 Å². The second-order valence-electron chi connectivity index (χ2n) is 3.02. The van der Waals surface area contributed by atoms with Crippen LogP contribution in [0.25, 0.3) is 11.0 Å². The van der Waals surface area contributed by atoms with E-state index >= 15 is 0 Å². The summed E-state index contributed by atoms with van der Waals surface area (Å²) in [5.41, 5.74) is 6.08. The first-order chi connectivity index (χ1) is 7.09. The number of halogens is 1. The van der Waals surface area contributed by atoms with E-state index in [1.807, 2.05) is 0 Å². The highest BCUT2D eigenvalue weighted by Gasteiger charge is 2.21. The highest BCUT2D eigenvalue weighted by Crippen LogP contribution is 2.25. The molecule has 0 aliphatic rings. The number of rotatable bonds is 2. The van der Waals surface area contributed by atoms with Crippen LogP contribution in [0.3, 0.4) is 0 Å². The second-order valence-corrected chi connectivity index (χ2v) is 3.46. The van der Waals surface area contributed by atoms with Gasteiger partial charge in [-0.1, -0.05) is 16.8 Å². The number of aromatic nitrogens is 1. The Morgan fingerprint density at radius 1 is 1.60 bits per heavy atom. The maximum absolute atomic E-state index is 10.7. The third-order valence-electron chi connectivity index (χ3n) is 2.02. The van der Waals surface area contributed by atoms with Crippen LogP contribution in [-0.2, 0) is 4.79 Å². The minimum absolute atomic E-state index is 0.181. The van der Waals surface area contributed by atoms with Crippen LogP contribution in [-0.4, -0.2) is 16.2 Å². The second kappa shape index (κ2) is 3.52. The Morgan fingerprint density at radius 2 is 2.33 bits per heavy atom.